The van der Waals surface area contributed by atoms with Gasteiger partial charge in [0, 0.05) is 31.7 Å². The fraction of sp³-hybridized carbons (Fsp3) is 0.632. The Morgan fingerprint density at radius 2 is 1.93 bits per heavy atom. The summed E-state index contributed by atoms with van der Waals surface area (Å²) in [4.78, 5) is 40.7. The second-order valence-electron chi connectivity index (χ2n) is 8.05. The molecule has 1 aliphatic rings. The van der Waals surface area contributed by atoms with Crippen LogP contribution in [0, 0.1) is 0 Å². The molecule has 2 rings (SSSR count). The van der Waals surface area contributed by atoms with Crippen molar-refractivity contribution in [1.82, 2.24) is 20.4 Å². The van der Waals surface area contributed by atoms with Crippen LogP contribution in [-0.2, 0) is 9.59 Å². The highest BCUT2D eigenvalue weighted by atomic mass is 32.1. The first-order valence-electron chi connectivity index (χ1n) is 9.26. The molecular formula is C19H30N4O3S. The van der Waals surface area contributed by atoms with E-state index in [-0.39, 0.29) is 35.8 Å². The number of carbonyl (C=O) groups is 3. The van der Waals surface area contributed by atoms with Crippen LogP contribution >= 0.6 is 11.3 Å². The Morgan fingerprint density at radius 3 is 2.48 bits per heavy atom. The fourth-order valence-corrected chi connectivity index (χ4v) is 3.60. The lowest BCUT2D eigenvalue weighted by atomic mass is 10.0. The number of amides is 3. The molecule has 1 saturated heterocycles. The normalized spacial score (nSPS) is 16.0. The molecule has 1 aromatic heterocycles. The van der Waals surface area contributed by atoms with Gasteiger partial charge in [-0.05, 0) is 45.1 Å². The molecule has 27 heavy (non-hydrogen) atoms. The Labute approximate surface area is 165 Å². The lowest BCUT2D eigenvalue weighted by molar-refractivity contribution is -0.136. The zero-order valence-corrected chi connectivity index (χ0v) is 17.4. The maximum Gasteiger partial charge on any atom is 0.261 e. The van der Waals surface area contributed by atoms with E-state index in [2.05, 4.69) is 15.5 Å². The summed E-state index contributed by atoms with van der Waals surface area (Å²) in [6.07, 6.45) is 1.64. The summed E-state index contributed by atoms with van der Waals surface area (Å²) >= 11 is 1.43. The zero-order chi connectivity index (χ0) is 20.0. The summed E-state index contributed by atoms with van der Waals surface area (Å²) in [5.41, 5.74) is -0.309. The van der Waals surface area contributed by atoms with Gasteiger partial charge in [0.05, 0.1) is 18.0 Å². The third kappa shape index (κ3) is 7.30. The minimum atomic E-state index is -0.309. The predicted molar refractivity (Wildman–Crippen MR) is 107 cm³/mol. The van der Waals surface area contributed by atoms with Crippen LogP contribution in [0.3, 0.4) is 0 Å². The monoisotopic (exact) mass is 394 g/mol. The van der Waals surface area contributed by atoms with Crippen molar-refractivity contribution in [1.29, 1.82) is 0 Å². The Balaban J connectivity index is 1.70. The molecule has 2 heterocycles. The quantitative estimate of drug-likeness (QED) is 0.762. The van der Waals surface area contributed by atoms with Crippen molar-refractivity contribution in [3.05, 3.63) is 22.4 Å². The molecule has 7 nitrogen and oxygen atoms in total. The van der Waals surface area contributed by atoms with E-state index in [1.54, 1.807) is 7.05 Å². The summed E-state index contributed by atoms with van der Waals surface area (Å²) in [6.45, 7) is 7.59. The smallest absolute Gasteiger partial charge is 0.261 e. The van der Waals surface area contributed by atoms with Crippen LogP contribution in [-0.4, -0.2) is 72.3 Å². The average molecular weight is 395 g/mol. The van der Waals surface area contributed by atoms with Crippen LogP contribution < -0.4 is 10.6 Å². The van der Waals surface area contributed by atoms with Gasteiger partial charge in [0.2, 0.25) is 11.8 Å². The van der Waals surface area contributed by atoms with E-state index < -0.39 is 0 Å². The molecule has 0 bridgehead atoms. The third-order valence-electron chi connectivity index (χ3n) is 4.35. The third-order valence-corrected chi connectivity index (χ3v) is 5.22. The summed E-state index contributed by atoms with van der Waals surface area (Å²) in [5, 5.41) is 7.81. The maximum absolute atomic E-state index is 12.4. The maximum atomic E-state index is 12.4. The van der Waals surface area contributed by atoms with E-state index in [1.165, 1.54) is 16.2 Å². The van der Waals surface area contributed by atoms with E-state index in [9.17, 15) is 14.4 Å². The highest BCUT2D eigenvalue weighted by Crippen LogP contribution is 2.13. The molecule has 0 radical (unpaired) electrons. The first-order chi connectivity index (χ1) is 12.6. The molecule has 8 heteroatoms. The molecule has 1 aliphatic heterocycles. The van der Waals surface area contributed by atoms with Crippen LogP contribution in [0.1, 0.15) is 43.3 Å². The lowest BCUT2D eigenvalue weighted by Crippen LogP contribution is -2.50. The van der Waals surface area contributed by atoms with Gasteiger partial charge >= 0.3 is 0 Å². The first kappa shape index (κ1) is 21.4. The number of hydrogen-bond donors (Lipinski definition) is 2. The van der Waals surface area contributed by atoms with Gasteiger partial charge in [-0.25, -0.2) is 0 Å². The van der Waals surface area contributed by atoms with Gasteiger partial charge < -0.3 is 15.5 Å². The van der Waals surface area contributed by atoms with E-state index in [0.717, 1.165) is 30.8 Å². The van der Waals surface area contributed by atoms with Gasteiger partial charge in [0.15, 0.2) is 0 Å². The van der Waals surface area contributed by atoms with Crippen LogP contribution in [0.25, 0.3) is 0 Å². The van der Waals surface area contributed by atoms with E-state index in [0.29, 0.717) is 6.54 Å². The van der Waals surface area contributed by atoms with E-state index in [1.807, 2.05) is 38.3 Å². The first-order valence-corrected chi connectivity index (χ1v) is 10.1. The largest absolute Gasteiger partial charge is 0.350 e. The van der Waals surface area contributed by atoms with Crippen molar-refractivity contribution >= 4 is 29.1 Å². The molecule has 150 valence electrons. The predicted octanol–water partition coefficient (Wildman–Crippen LogP) is 1.32. The molecule has 3 amide bonds. The van der Waals surface area contributed by atoms with Crippen LogP contribution in [0.4, 0.5) is 0 Å². The zero-order valence-electron chi connectivity index (χ0n) is 16.6. The number of likely N-dealkylation sites (tertiary alicyclic amines) is 1. The van der Waals surface area contributed by atoms with Crippen molar-refractivity contribution in [3.8, 4) is 0 Å². The number of hydrogen-bond acceptors (Lipinski definition) is 5. The summed E-state index contributed by atoms with van der Waals surface area (Å²) in [6, 6.07) is 3.83. The molecule has 0 aliphatic carbocycles. The summed E-state index contributed by atoms with van der Waals surface area (Å²) in [5.74, 6) is -0.252. The average Bonchev–Trinajstić information content (AvgIpc) is 3.09. The van der Waals surface area contributed by atoms with Gasteiger partial charge in [0.25, 0.3) is 5.91 Å². The summed E-state index contributed by atoms with van der Waals surface area (Å²) < 4.78 is 0. The van der Waals surface area contributed by atoms with Crippen molar-refractivity contribution in [2.45, 2.75) is 45.2 Å². The number of nitrogens with one attached hydrogen (secondary N) is 2. The van der Waals surface area contributed by atoms with Gasteiger partial charge in [-0.1, -0.05) is 6.07 Å². The molecule has 2 N–H and O–H groups in total. The molecule has 0 saturated carbocycles. The molecular weight excluding hydrogens is 364 g/mol. The van der Waals surface area contributed by atoms with E-state index >= 15 is 0 Å². The van der Waals surface area contributed by atoms with Gasteiger partial charge in [-0.2, -0.15) is 0 Å². The summed E-state index contributed by atoms with van der Waals surface area (Å²) in [7, 11) is 1.65. The van der Waals surface area contributed by atoms with Crippen molar-refractivity contribution in [3.63, 3.8) is 0 Å². The standard InChI is InChI=1S/C19H30N4O3S/c1-19(2,3)21-16(24)12-22(4)17(25)13-23-9-7-14(8-10-23)20-18(26)15-6-5-11-27-15/h5-6,11,14H,7-10,12-13H2,1-4H3,(H,20,26)(H,21,24). The second kappa shape index (κ2) is 9.32. The molecule has 0 aromatic carbocycles. The number of thiophene rings is 1. The lowest BCUT2D eigenvalue weighted by Gasteiger charge is -2.32. The SMILES string of the molecule is CN(CC(=O)NC(C)(C)C)C(=O)CN1CCC(NC(=O)c2cccs2)CC1. The van der Waals surface area contributed by atoms with Gasteiger partial charge in [0.1, 0.15) is 0 Å². The Bertz CT molecular complexity index is 646. The minimum absolute atomic E-state index is 0.0240. The molecule has 0 unspecified atom stereocenters. The molecule has 1 aromatic rings. The highest BCUT2D eigenvalue weighted by molar-refractivity contribution is 7.12. The second-order valence-corrected chi connectivity index (χ2v) is 9.00. The van der Waals surface area contributed by atoms with Crippen molar-refractivity contribution < 1.29 is 14.4 Å². The Morgan fingerprint density at radius 1 is 1.26 bits per heavy atom. The molecule has 0 atom stereocenters. The minimum Gasteiger partial charge on any atom is -0.350 e. The van der Waals surface area contributed by atoms with Crippen molar-refractivity contribution in [2.75, 3.05) is 33.2 Å². The highest BCUT2D eigenvalue weighted by Gasteiger charge is 2.24. The Hall–Kier alpha value is -1.93. The van der Waals surface area contributed by atoms with Gasteiger partial charge in [-0.3, -0.25) is 19.3 Å². The number of piperidine rings is 1. The molecule has 0 spiro atoms. The van der Waals surface area contributed by atoms with Crippen LogP contribution in [0.2, 0.25) is 0 Å². The molecule has 1 fully saturated rings. The topological polar surface area (TPSA) is 81.8 Å². The Kier molecular flexibility index (Phi) is 7.38. The number of nitrogens with zero attached hydrogens (tertiary/aromatic N) is 2. The van der Waals surface area contributed by atoms with Crippen molar-refractivity contribution in [2.24, 2.45) is 0 Å². The number of likely N-dealkylation sites (N-methyl/N-ethyl adjacent to an activating group) is 1. The fourth-order valence-electron chi connectivity index (χ4n) is 2.97. The van der Waals surface area contributed by atoms with Gasteiger partial charge in [-0.15, -0.1) is 11.3 Å². The number of carbonyl (C=O) groups excluding carboxylic acids is 3. The number of rotatable bonds is 6. The van der Waals surface area contributed by atoms with Crippen LogP contribution in [0.5, 0.6) is 0 Å². The van der Waals surface area contributed by atoms with Crippen LogP contribution in [0.15, 0.2) is 17.5 Å². The van der Waals surface area contributed by atoms with E-state index in [4.69, 9.17) is 0 Å².